The summed E-state index contributed by atoms with van der Waals surface area (Å²) >= 11 is 0. The van der Waals surface area contributed by atoms with Crippen LogP contribution in [0.5, 0.6) is 0 Å². The van der Waals surface area contributed by atoms with Crippen LogP contribution in [0.4, 0.5) is 0 Å². The van der Waals surface area contributed by atoms with Gasteiger partial charge in [0, 0.05) is 44.0 Å². The van der Waals surface area contributed by atoms with Crippen molar-refractivity contribution < 1.29 is 14.3 Å². The molecule has 6 nitrogen and oxygen atoms in total. The van der Waals surface area contributed by atoms with Crippen LogP contribution >= 0.6 is 0 Å². The highest BCUT2D eigenvalue weighted by molar-refractivity contribution is 5.93. The van der Waals surface area contributed by atoms with Gasteiger partial charge in [0.25, 0.3) is 5.91 Å². The van der Waals surface area contributed by atoms with Crippen LogP contribution in [-0.2, 0) is 9.53 Å². The second kappa shape index (κ2) is 10.0. The lowest BCUT2D eigenvalue weighted by molar-refractivity contribution is -0.136. The maximum Gasteiger partial charge on any atom is 0.251 e. The molecule has 1 saturated heterocycles. The molecule has 0 saturated carbocycles. The van der Waals surface area contributed by atoms with Crippen molar-refractivity contribution in [3.05, 3.63) is 41.7 Å². The Morgan fingerprint density at radius 2 is 1.93 bits per heavy atom. The minimum Gasteiger partial charge on any atom is -0.378 e. The van der Waals surface area contributed by atoms with E-state index in [4.69, 9.17) is 4.74 Å². The second-order valence-corrected chi connectivity index (χ2v) is 8.56. The molecule has 158 valence electrons. The SMILES string of the molecule is CC1=CC(CNC(=O)c2ccncc2)C(C(C)C)CC1CC(=O)N1CCOCC1. The van der Waals surface area contributed by atoms with Crippen molar-refractivity contribution in [2.24, 2.45) is 23.7 Å². The zero-order valence-corrected chi connectivity index (χ0v) is 17.8. The quantitative estimate of drug-likeness (QED) is 0.747. The van der Waals surface area contributed by atoms with Crippen LogP contribution in [0.15, 0.2) is 36.2 Å². The van der Waals surface area contributed by atoms with Gasteiger partial charge in [0.05, 0.1) is 13.2 Å². The first-order chi connectivity index (χ1) is 14.0. The summed E-state index contributed by atoms with van der Waals surface area (Å²) in [6.45, 7) is 9.89. The minimum absolute atomic E-state index is 0.0643. The van der Waals surface area contributed by atoms with Crippen molar-refractivity contribution in [1.82, 2.24) is 15.2 Å². The Hall–Kier alpha value is -2.21. The Morgan fingerprint density at radius 3 is 2.59 bits per heavy atom. The van der Waals surface area contributed by atoms with Crippen molar-refractivity contribution in [2.75, 3.05) is 32.8 Å². The molecule has 1 N–H and O–H groups in total. The molecule has 1 aliphatic carbocycles. The number of nitrogens with zero attached hydrogens (tertiary/aromatic N) is 2. The molecule has 1 fully saturated rings. The van der Waals surface area contributed by atoms with Crippen molar-refractivity contribution in [3.63, 3.8) is 0 Å². The lowest BCUT2D eigenvalue weighted by Crippen LogP contribution is -2.42. The van der Waals surface area contributed by atoms with Gasteiger partial charge in [0.15, 0.2) is 0 Å². The van der Waals surface area contributed by atoms with Gasteiger partial charge in [-0.2, -0.15) is 0 Å². The first-order valence-electron chi connectivity index (χ1n) is 10.7. The summed E-state index contributed by atoms with van der Waals surface area (Å²) in [5.74, 6) is 1.67. The zero-order valence-electron chi connectivity index (χ0n) is 17.8. The highest BCUT2D eigenvalue weighted by Gasteiger charge is 2.33. The van der Waals surface area contributed by atoms with Gasteiger partial charge in [-0.3, -0.25) is 14.6 Å². The number of pyridine rings is 1. The number of hydrogen-bond acceptors (Lipinski definition) is 4. The van der Waals surface area contributed by atoms with Crippen LogP contribution in [0.3, 0.4) is 0 Å². The van der Waals surface area contributed by atoms with Crippen molar-refractivity contribution >= 4 is 11.8 Å². The summed E-state index contributed by atoms with van der Waals surface area (Å²) in [5.41, 5.74) is 1.90. The van der Waals surface area contributed by atoms with E-state index in [1.165, 1.54) is 5.57 Å². The van der Waals surface area contributed by atoms with Crippen LogP contribution in [0.1, 0.15) is 44.0 Å². The van der Waals surface area contributed by atoms with Crippen molar-refractivity contribution in [1.29, 1.82) is 0 Å². The van der Waals surface area contributed by atoms with Crippen LogP contribution < -0.4 is 5.32 Å². The van der Waals surface area contributed by atoms with E-state index in [1.807, 2.05) is 4.90 Å². The Labute approximate surface area is 173 Å². The van der Waals surface area contributed by atoms with Gasteiger partial charge in [0.1, 0.15) is 0 Å². The number of ether oxygens (including phenoxy) is 1. The van der Waals surface area contributed by atoms with E-state index in [0.717, 1.165) is 6.42 Å². The van der Waals surface area contributed by atoms with Crippen molar-refractivity contribution in [3.8, 4) is 0 Å². The molecular formula is C23H33N3O3. The molecule has 0 spiro atoms. The molecule has 3 rings (SSSR count). The molecule has 6 heteroatoms. The molecule has 1 aromatic heterocycles. The lowest BCUT2D eigenvalue weighted by atomic mass is 9.69. The molecule has 1 aliphatic heterocycles. The average Bonchev–Trinajstić information content (AvgIpc) is 2.74. The molecule has 3 atom stereocenters. The van der Waals surface area contributed by atoms with E-state index in [2.05, 4.69) is 37.1 Å². The molecule has 0 radical (unpaired) electrons. The van der Waals surface area contributed by atoms with Gasteiger partial charge in [-0.15, -0.1) is 0 Å². The van der Waals surface area contributed by atoms with Crippen molar-refractivity contribution in [2.45, 2.75) is 33.6 Å². The number of carbonyl (C=O) groups is 2. The standard InChI is InChI=1S/C23H33N3O3/c1-16(2)21-13-19(14-22(27)26-8-10-29-11-9-26)17(3)12-20(21)15-25-23(28)18-4-6-24-7-5-18/h4-7,12,16,19-21H,8-11,13-15H2,1-3H3,(H,25,28). The number of carbonyl (C=O) groups excluding carboxylic acids is 2. The van der Waals surface area contributed by atoms with Crippen LogP contribution in [-0.4, -0.2) is 54.5 Å². The van der Waals surface area contributed by atoms with E-state index in [1.54, 1.807) is 24.5 Å². The molecule has 2 heterocycles. The van der Waals surface area contributed by atoms with Crippen LogP contribution in [0.2, 0.25) is 0 Å². The molecule has 0 bridgehead atoms. The molecule has 2 aliphatic rings. The summed E-state index contributed by atoms with van der Waals surface area (Å²) in [6.07, 6.45) is 7.12. The zero-order chi connectivity index (χ0) is 20.8. The average molecular weight is 400 g/mol. The van der Waals surface area contributed by atoms with E-state index >= 15 is 0 Å². The highest BCUT2D eigenvalue weighted by Crippen LogP contribution is 2.39. The predicted molar refractivity (Wildman–Crippen MR) is 112 cm³/mol. The Kier molecular flexibility index (Phi) is 7.42. The molecule has 2 amide bonds. The predicted octanol–water partition coefficient (Wildman–Crippen LogP) is 2.91. The summed E-state index contributed by atoms with van der Waals surface area (Å²) in [6, 6.07) is 3.45. The van der Waals surface area contributed by atoms with E-state index < -0.39 is 0 Å². The summed E-state index contributed by atoms with van der Waals surface area (Å²) in [4.78, 5) is 31.0. The normalized spacial score (nSPS) is 24.9. The van der Waals surface area contributed by atoms with E-state index in [-0.39, 0.29) is 23.7 Å². The summed E-state index contributed by atoms with van der Waals surface area (Å²) < 4.78 is 5.36. The smallest absolute Gasteiger partial charge is 0.251 e. The number of morpholine rings is 1. The summed E-state index contributed by atoms with van der Waals surface area (Å²) in [7, 11) is 0. The fraction of sp³-hybridized carbons (Fsp3) is 0.609. The van der Waals surface area contributed by atoms with Crippen LogP contribution in [0, 0.1) is 23.7 Å². The Bertz CT molecular complexity index is 726. The maximum atomic E-state index is 12.7. The number of allylic oxidation sites excluding steroid dienone is 1. The van der Waals surface area contributed by atoms with Gasteiger partial charge >= 0.3 is 0 Å². The second-order valence-electron chi connectivity index (χ2n) is 8.56. The van der Waals surface area contributed by atoms with Gasteiger partial charge in [0.2, 0.25) is 5.91 Å². The third-order valence-electron chi connectivity index (χ3n) is 6.31. The number of hydrogen-bond donors (Lipinski definition) is 1. The monoisotopic (exact) mass is 399 g/mol. The Morgan fingerprint density at radius 1 is 1.24 bits per heavy atom. The molecule has 29 heavy (non-hydrogen) atoms. The van der Waals surface area contributed by atoms with E-state index in [9.17, 15) is 9.59 Å². The minimum atomic E-state index is -0.0643. The number of nitrogens with one attached hydrogen (secondary N) is 1. The van der Waals surface area contributed by atoms with Gasteiger partial charge < -0.3 is 15.0 Å². The number of rotatable bonds is 6. The fourth-order valence-corrected chi connectivity index (χ4v) is 4.48. The van der Waals surface area contributed by atoms with Gasteiger partial charge in [-0.05, 0) is 49.1 Å². The molecule has 3 unspecified atom stereocenters. The lowest BCUT2D eigenvalue weighted by Gasteiger charge is -2.38. The van der Waals surface area contributed by atoms with Crippen LogP contribution in [0.25, 0.3) is 0 Å². The number of amides is 2. The third kappa shape index (κ3) is 5.66. The summed E-state index contributed by atoms with van der Waals surface area (Å²) in [5, 5.41) is 3.08. The van der Waals surface area contributed by atoms with Gasteiger partial charge in [-0.25, -0.2) is 0 Å². The van der Waals surface area contributed by atoms with Gasteiger partial charge in [-0.1, -0.05) is 25.5 Å². The fourth-order valence-electron chi connectivity index (χ4n) is 4.48. The molecule has 1 aromatic rings. The maximum absolute atomic E-state index is 12.7. The highest BCUT2D eigenvalue weighted by atomic mass is 16.5. The molecule has 0 aromatic carbocycles. The number of aromatic nitrogens is 1. The third-order valence-corrected chi connectivity index (χ3v) is 6.31. The topological polar surface area (TPSA) is 71.5 Å². The first-order valence-corrected chi connectivity index (χ1v) is 10.7. The first kappa shape index (κ1) is 21.5. The molecular weight excluding hydrogens is 366 g/mol. The Balaban J connectivity index is 1.62. The van der Waals surface area contributed by atoms with E-state index in [0.29, 0.717) is 56.7 Å². The largest absolute Gasteiger partial charge is 0.378 e.